The van der Waals surface area contributed by atoms with E-state index in [2.05, 4.69) is 12.2 Å². The van der Waals surface area contributed by atoms with E-state index in [1.165, 1.54) is 11.3 Å². The molecule has 1 aromatic heterocycles. The van der Waals surface area contributed by atoms with Crippen LogP contribution in [0.1, 0.15) is 35.1 Å². The Morgan fingerprint density at radius 2 is 2.30 bits per heavy atom. The molecule has 112 valence electrons. The van der Waals surface area contributed by atoms with Gasteiger partial charge in [-0.3, -0.25) is 0 Å². The highest BCUT2D eigenvalue weighted by Gasteiger charge is 2.43. The molecule has 0 amide bonds. The lowest BCUT2D eigenvalue weighted by Crippen LogP contribution is -2.48. The summed E-state index contributed by atoms with van der Waals surface area (Å²) >= 11 is 1.30. The summed E-state index contributed by atoms with van der Waals surface area (Å²) < 4.78 is 43.7. The van der Waals surface area contributed by atoms with Gasteiger partial charge in [0, 0.05) is 15.8 Å². The topological polar surface area (TPSA) is 21.3 Å². The molecule has 6 heteroatoms. The van der Waals surface area contributed by atoms with Crippen LogP contribution < -0.4 is 5.32 Å². The monoisotopic (exact) mass is 305 g/mol. The van der Waals surface area contributed by atoms with Crippen LogP contribution in [-0.4, -0.2) is 25.4 Å². The van der Waals surface area contributed by atoms with Crippen molar-refractivity contribution in [1.82, 2.24) is 5.32 Å². The molecule has 20 heavy (non-hydrogen) atoms. The lowest BCUT2D eigenvalue weighted by Gasteiger charge is -2.42. The number of nitrogens with one attached hydrogen (secondary N) is 1. The molecular weight excluding hydrogens is 287 g/mol. The Balaban J connectivity index is 1.92. The van der Waals surface area contributed by atoms with Crippen molar-refractivity contribution in [2.24, 2.45) is 0 Å². The fourth-order valence-electron chi connectivity index (χ4n) is 3.29. The highest BCUT2D eigenvalue weighted by molar-refractivity contribution is 7.12. The van der Waals surface area contributed by atoms with Gasteiger partial charge in [0.2, 0.25) is 0 Å². The number of hydrogen-bond acceptors (Lipinski definition) is 3. The molecular formula is C14H18F3NOS. The minimum atomic E-state index is -4.14. The maximum absolute atomic E-state index is 12.6. The number of ether oxygens (including phenoxy) is 1. The van der Waals surface area contributed by atoms with Crippen molar-refractivity contribution in [2.45, 2.75) is 50.4 Å². The minimum absolute atomic E-state index is 0.336. The summed E-state index contributed by atoms with van der Waals surface area (Å²) in [6.45, 7) is 3.57. The smallest absolute Gasteiger partial charge is 0.369 e. The third-order valence-corrected chi connectivity index (χ3v) is 5.42. The quantitative estimate of drug-likeness (QED) is 0.859. The van der Waals surface area contributed by atoms with Gasteiger partial charge in [0.05, 0.1) is 13.0 Å². The van der Waals surface area contributed by atoms with Crippen molar-refractivity contribution in [2.75, 3.05) is 13.2 Å². The first-order chi connectivity index (χ1) is 9.38. The predicted octanol–water partition coefficient (Wildman–Crippen LogP) is 3.39. The molecule has 1 fully saturated rings. The first kappa shape index (κ1) is 14.4. The Hall–Kier alpha value is -0.590. The minimum Gasteiger partial charge on any atom is -0.369 e. The molecule has 2 atom stereocenters. The predicted molar refractivity (Wildman–Crippen MR) is 72.1 cm³/mol. The third-order valence-electron chi connectivity index (χ3n) is 4.06. The average molecular weight is 305 g/mol. The molecule has 0 saturated carbocycles. The van der Waals surface area contributed by atoms with E-state index in [4.69, 9.17) is 4.74 Å². The molecule has 0 aliphatic carbocycles. The number of rotatable bonds is 1. The number of fused-ring (bicyclic) bond motifs is 2. The van der Waals surface area contributed by atoms with Crippen LogP contribution in [0, 0.1) is 0 Å². The maximum atomic E-state index is 12.6. The summed E-state index contributed by atoms with van der Waals surface area (Å²) in [6.07, 6.45) is -2.55. The first-order valence-electron chi connectivity index (χ1n) is 6.94. The van der Waals surface area contributed by atoms with Crippen molar-refractivity contribution < 1.29 is 17.9 Å². The number of alkyl halides is 3. The maximum Gasteiger partial charge on any atom is 0.393 e. The van der Waals surface area contributed by atoms with Gasteiger partial charge in [0.15, 0.2) is 0 Å². The van der Waals surface area contributed by atoms with Gasteiger partial charge < -0.3 is 10.1 Å². The molecule has 0 radical (unpaired) electrons. The molecule has 0 bridgehead atoms. The van der Waals surface area contributed by atoms with Crippen LogP contribution in [0.15, 0.2) is 6.07 Å². The van der Waals surface area contributed by atoms with Crippen LogP contribution >= 0.6 is 11.3 Å². The second-order valence-corrected chi connectivity index (χ2v) is 6.90. The summed E-state index contributed by atoms with van der Waals surface area (Å²) in [5.74, 6) is 0. The molecule has 2 unspecified atom stereocenters. The standard InChI is InChI=1S/C14H18F3NOS/c1-9-7-13(3-4-18-9)12-10(2-5-19-13)6-11(20-12)8-14(15,16)17/h6,9,18H,2-5,7-8H2,1H3. The zero-order valence-electron chi connectivity index (χ0n) is 11.3. The Morgan fingerprint density at radius 1 is 1.50 bits per heavy atom. The van der Waals surface area contributed by atoms with Crippen LogP contribution in [0.5, 0.6) is 0 Å². The molecule has 1 N–H and O–H groups in total. The van der Waals surface area contributed by atoms with Crippen molar-refractivity contribution in [3.05, 3.63) is 21.4 Å². The lowest BCUT2D eigenvalue weighted by atomic mass is 9.83. The van der Waals surface area contributed by atoms with E-state index in [0.717, 1.165) is 36.2 Å². The summed E-state index contributed by atoms with van der Waals surface area (Å²) in [4.78, 5) is 1.45. The molecule has 3 heterocycles. The Labute approximate surface area is 120 Å². The van der Waals surface area contributed by atoms with Crippen LogP contribution in [0.4, 0.5) is 13.2 Å². The van der Waals surface area contributed by atoms with Gasteiger partial charge in [0.25, 0.3) is 0 Å². The molecule has 1 spiro atoms. The summed E-state index contributed by atoms with van der Waals surface area (Å²) in [5.41, 5.74) is 0.710. The van der Waals surface area contributed by atoms with Gasteiger partial charge in [0.1, 0.15) is 5.60 Å². The number of thiophene rings is 1. The van der Waals surface area contributed by atoms with Crippen LogP contribution in [0.25, 0.3) is 0 Å². The zero-order chi connectivity index (χ0) is 14.4. The van der Waals surface area contributed by atoms with Gasteiger partial charge in [-0.2, -0.15) is 13.2 Å². The van der Waals surface area contributed by atoms with Crippen molar-refractivity contribution in [3.63, 3.8) is 0 Å². The van der Waals surface area contributed by atoms with Crippen LogP contribution in [0.2, 0.25) is 0 Å². The van der Waals surface area contributed by atoms with Gasteiger partial charge in [-0.15, -0.1) is 11.3 Å². The van der Waals surface area contributed by atoms with E-state index in [1.54, 1.807) is 6.07 Å². The molecule has 1 saturated heterocycles. The van der Waals surface area contributed by atoms with Crippen molar-refractivity contribution in [3.8, 4) is 0 Å². The average Bonchev–Trinajstić information content (AvgIpc) is 2.70. The molecule has 2 aliphatic rings. The van der Waals surface area contributed by atoms with E-state index in [1.807, 2.05) is 0 Å². The Morgan fingerprint density at radius 3 is 3.00 bits per heavy atom. The second kappa shape index (κ2) is 5.00. The second-order valence-electron chi connectivity index (χ2n) is 5.76. The molecule has 2 nitrogen and oxygen atoms in total. The van der Waals surface area contributed by atoms with E-state index >= 15 is 0 Å². The Kier molecular flexibility index (Phi) is 3.59. The van der Waals surface area contributed by atoms with Crippen LogP contribution in [-0.2, 0) is 23.2 Å². The molecule has 2 aliphatic heterocycles. The van der Waals surface area contributed by atoms with Gasteiger partial charge >= 0.3 is 6.18 Å². The number of piperidine rings is 1. The highest BCUT2D eigenvalue weighted by Crippen LogP contribution is 2.46. The third kappa shape index (κ3) is 2.73. The summed E-state index contributed by atoms with van der Waals surface area (Å²) in [6, 6.07) is 2.08. The fourth-order valence-corrected chi connectivity index (χ4v) is 4.71. The summed E-state index contributed by atoms with van der Waals surface area (Å²) in [5, 5.41) is 3.37. The van der Waals surface area contributed by atoms with Crippen molar-refractivity contribution in [1.29, 1.82) is 0 Å². The van der Waals surface area contributed by atoms with Gasteiger partial charge in [-0.25, -0.2) is 0 Å². The highest BCUT2D eigenvalue weighted by atomic mass is 32.1. The molecule has 3 rings (SSSR count). The summed E-state index contributed by atoms with van der Waals surface area (Å²) in [7, 11) is 0. The van der Waals surface area contributed by atoms with E-state index in [-0.39, 0.29) is 5.60 Å². The Bertz CT molecular complexity index is 499. The van der Waals surface area contributed by atoms with Gasteiger partial charge in [-0.1, -0.05) is 0 Å². The fraction of sp³-hybridized carbons (Fsp3) is 0.714. The van der Waals surface area contributed by atoms with E-state index in [9.17, 15) is 13.2 Å². The SMILES string of the molecule is CC1CC2(CCN1)OCCc1cc(CC(F)(F)F)sc12. The number of hydrogen-bond donors (Lipinski definition) is 1. The van der Waals surface area contributed by atoms with Crippen molar-refractivity contribution >= 4 is 11.3 Å². The van der Waals surface area contributed by atoms with Crippen LogP contribution in [0.3, 0.4) is 0 Å². The molecule has 0 aromatic carbocycles. The zero-order valence-corrected chi connectivity index (χ0v) is 12.2. The van der Waals surface area contributed by atoms with E-state index in [0.29, 0.717) is 17.5 Å². The largest absolute Gasteiger partial charge is 0.393 e. The lowest BCUT2D eigenvalue weighted by molar-refractivity contribution is -0.126. The number of halogens is 3. The normalized spacial score (nSPS) is 30.5. The van der Waals surface area contributed by atoms with Gasteiger partial charge in [-0.05, 0) is 44.4 Å². The first-order valence-corrected chi connectivity index (χ1v) is 7.76. The molecule has 1 aromatic rings. The van der Waals surface area contributed by atoms with E-state index < -0.39 is 12.6 Å².